The number of piperazine rings is 1. The monoisotopic (exact) mass is 295 g/mol. The van der Waals surface area contributed by atoms with Crippen molar-refractivity contribution in [3.05, 3.63) is 34.9 Å². The van der Waals surface area contributed by atoms with E-state index in [4.69, 9.17) is 11.6 Å². The smallest absolute Gasteiger partial charge is 0.236 e. The van der Waals surface area contributed by atoms with E-state index in [9.17, 15) is 4.79 Å². The molecule has 0 aliphatic carbocycles. The lowest BCUT2D eigenvalue weighted by Crippen LogP contribution is -2.51. The number of nitrogens with one attached hydrogen (secondary N) is 1. The molecule has 1 atom stereocenters. The summed E-state index contributed by atoms with van der Waals surface area (Å²) in [5.74, 6) is 0.152. The van der Waals surface area contributed by atoms with Gasteiger partial charge in [-0.1, -0.05) is 23.7 Å². The topological polar surface area (TPSA) is 35.6 Å². The molecular formula is C15H22ClN3O. The molecule has 0 radical (unpaired) electrons. The van der Waals surface area contributed by atoms with Crippen molar-refractivity contribution in [3.63, 3.8) is 0 Å². The highest BCUT2D eigenvalue weighted by atomic mass is 35.5. The van der Waals surface area contributed by atoms with Crippen LogP contribution >= 0.6 is 11.6 Å². The first kappa shape index (κ1) is 15.3. The summed E-state index contributed by atoms with van der Waals surface area (Å²) in [4.78, 5) is 16.2. The summed E-state index contributed by atoms with van der Waals surface area (Å²) in [6.07, 6.45) is 0. The Kier molecular flexibility index (Phi) is 5.40. The average molecular weight is 296 g/mol. The molecule has 0 bridgehead atoms. The minimum Gasteiger partial charge on any atom is -0.340 e. The fourth-order valence-corrected chi connectivity index (χ4v) is 2.68. The van der Waals surface area contributed by atoms with Gasteiger partial charge in [0.05, 0.1) is 6.54 Å². The molecule has 4 nitrogen and oxygen atoms in total. The number of likely N-dealkylation sites (N-methyl/N-ethyl adjacent to an activating group) is 1. The zero-order valence-corrected chi connectivity index (χ0v) is 12.9. The molecule has 1 aromatic carbocycles. The van der Waals surface area contributed by atoms with Gasteiger partial charge in [0.2, 0.25) is 5.91 Å². The van der Waals surface area contributed by atoms with E-state index in [1.54, 1.807) is 4.90 Å². The van der Waals surface area contributed by atoms with Gasteiger partial charge >= 0.3 is 0 Å². The zero-order chi connectivity index (χ0) is 14.5. The second-order valence-electron chi connectivity index (χ2n) is 5.47. The van der Waals surface area contributed by atoms with Gasteiger partial charge in [-0.2, -0.15) is 0 Å². The predicted molar refractivity (Wildman–Crippen MR) is 81.8 cm³/mol. The molecule has 1 fully saturated rings. The Morgan fingerprint density at radius 1 is 1.55 bits per heavy atom. The van der Waals surface area contributed by atoms with Gasteiger partial charge in [0.25, 0.3) is 0 Å². The number of hydrogen-bond donors (Lipinski definition) is 1. The number of benzene rings is 1. The second-order valence-corrected chi connectivity index (χ2v) is 5.91. The van der Waals surface area contributed by atoms with Crippen LogP contribution in [0.3, 0.4) is 0 Å². The summed E-state index contributed by atoms with van der Waals surface area (Å²) in [7, 11) is 1.84. The second kappa shape index (κ2) is 7.07. The summed E-state index contributed by atoms with van der Waals surface area (Å²) in [6.45, 7) is 6.04. The molecule has 20 heavy (non-hydrogen) atoms. The van der Waals surface area contributed by atoms with E-state index >= 15 is 0 Å². The van der Waals surface area contributed by atoms with Crippen molar-refractivity contribution >= 4 is 17.5 Å². The number of halogens is 1. The van der Waals surface area contributed by atoms with Gasteiger partial charge in [0, 0.05) is 44.3 Å². The molecule has 1 amide bonds. The third-order valence-electron chi connectivity index (χ3n) is 3.55. The maximum absolute atomic E-state index is 12.2. The van der Waals surface area contributed by atoms with Crippen molar-refractivity contribution in [1.29, 1.82) is 0 Å². The number of nitrogens with zero attached hydrogens (tertiary/aromatic N) is 2. The van der Waals surface area contributed by atoms with Crippen LogP contribution in [0.15, 0.2) is 24.3 Å². The number of carbonyl (C=O) groups is 1. The first-order valence-electron chi connectivity index (χ1n) is 6.99. The molecule has 0 unspecified atom stereocenters. The van der Waals surface area contributed by atoms with Crippen molar-refractivity contribution in [2.24, 2.45) is 0 Å². The highest BCUT2D eigenvalue weighted by Crippen LogP contribution is 2.12. The van der Waals surface area contributed by atoms with Crippen LogP contribution in [0.5, 0.6) is 0 Å². The van der Waals surface area contributed by atoms with Crippen LogP contribution < -0.4 is 5.32 Å². The Labute approximate surface area is 125 Å². The van der Waals surface area contributed by atoms with E-state index in [1.807, 2.05) is 31.3 Å². The normalized spacial score (nSPS) is 19.9. The molecule has 2 rings (SSSR count). The average Bonchev–Trinajstić information content (AvgIpc) is 2.38. The van der Waals surface area contributed by atoms with E-state index in [0.717, 1.165) is 25.2 Å². The zero-order valence-electron chi connectivity index (χ0n) is 12.1. The van der Waals surface area contributed by atoms with Crippen LogP contribution in [0.1, 0.15) is 12.5 Å². The lowest BCUT2D eigenvalue weighted by Gasteiger charge is -2.32. The van der Waals surface area contributed by atoms with Crippen molar-refractivity contribution in [2.75, 3.05) is 33.2 Å². The quantitative estimate of drug-likeness (QED) is 0.916. The Balaban J connectivity index is 1.85. The molecule has 1 aliphatic heterocycles. The van der Waals surface area contributed by atoms with E-state index in [0.29, 0.717) is 24.2 Å². The predicted octanol–water partition coefficient (Wildman–Crippen LogP) is 1.59. The molecule has 110 valence electrons. The highest BCUT2D eigenvalue weighted by molar-refractivity contribution is 6.30. The van der Waals surface area contributed by atoms with Gasteiger partial charge in [0.15, 0.2) is 0 Å². The van der Waals surface area contributed by atoms with Crippen LogP contribution in [0.25, 0.3) is 0 Å². The SMILES string of the molecule is C[C@@H]1CN(CC(=O)N(C)Cc2cccc(Cl)c2)CCN1. The molecule has 1 aliphatic rings. The summed E-state index contributed by atoms with van der Waals surface area (Å²) in [5.41, 5.74) is 1.06. The standard InChI is InChI=1S/C15H22ClN3O/c1-12-9-19(7-6-17-12)11-15(20)18(2)10-13-4-3-5-14(16)8-13/h3-5,8,12,17H,6-7,9-11H2,1-2H3/t12-/m1/s1. The Morgan fingerprint density at radius 2 is 2.35 bits per heavy atom. The Hall–Kier alpha value is -1.10. The molecule has 1 aromatic rings. The number of amides is 1. The molecule has 0 spiro atoms. The van der Waals surface area contributed by atoms with Crippen molar-refractivity contribution in [3.8, 4) is 0 Å². The van der Waals surface area contributed by atoms with Gasteiger partial charge in [-0.25, -0.2) is 0 Å². The first-order valence-corrected chi connectivity index (χ1v) is 7.36. The van der Waals surface area contributed by atoms with Gasteiger partial charge in [-0.05, 0) is 24.6 Å². The minimum atomic E-state index is 0.152. The van der Waals surface area contributed by atoms with Gasteiger partial charge in [-0.3, -0.25) is 9.69 Å². The van der Waals surface area contributed by atoms with Crippen molar-refractivity contribution in [1.82, 2.24) is 15.1 Å². The molecule has 5 heteroatoms. The third-order valence-corrected chi connectivity index (χ3v) is 3.78. The fourth-order valence-electron chi connectivity index (χ4n) is 2.47. The molecule has 0 aromatic heterocycles. The number of hydrogen-bond acceptors (Lipinski definition) is 3. The summed E-state index contributed by atoms with van der Waals surface area (Å²) >= 11 is 5.96. The molecule has 1 N–H and O–H groups in total. The lowest BCUT2D eigenvalue weighted by atomic mass is 10.2. The molecule has 0 saturated carbocycles. The number of rotatable bonds is 4. The van der Waals surface area contributed by atoms with Gasteiger partial charge < -0.3 is 10.2 Å². The fraction of sp³-hybridized carbons (Fsp3) is 0.533. The molecule has 1 heterocycles. The van der Waals surface area contributed by atoms with Crippen LogP contribution in [0.2, 0.25) is 5.02 Å². The van der Waals surface area contributed by atoms with Crippen LogP contribution in [0.4, 0.5) is 0 Å². The first-order chi connectivity index (χ1) is 9.54. The summed E-state index contributed by atoms with van der Waals surface area (Å²) in [6, 6.07) is 8.10. The summed E-state index contributed by atoms with van der Waals surface area (Å²) < 4.78 is 0. The van der Waals surface area contributed by atoms with Crippen molar-refractivity contribution in [2.45, 2.75) is 19.5 Å². The van der Waals surface area contributed by atoms with E-state index in [1.165, 1.54) is 0 Å². The summed E-state index contributed by atoms with van der Waals surface area (Å²) in [5, 5.41) is 4.09. The van der Waals surface area contributed by atoms with Gasteiger partial charge in [0.1, 0.15) is 0 Å². The molecular weight excluding hydrogens is 274 g/mol. The van der Waals surface area contributed by atoms with Crippen LogP contribution in [-0.2, 0) is 11.3 Å². The van der Waals surface area contributed by atoms with E-state index in [-0.39, 0.29) is 5.91 Å². The highest BCUT2D eigenvalue weighted by Gasteiger charge is 2.19. The maximum Gasteiger partial charge on any atom is 0.236 e. The van der Waals surface area contributed by atoms with Crippen LogP contribution in [0, 0.1) is 0 Å². The van der Waals surface area contributed by atoms with Crippen LogP contribution in [-0.4, -0.2) is 55.0 Å². The number of carbonyl (C=O) groups excluding carboxylic acids is 1. The minimum absolute atomic E-state index is 0.152. The third kappa shape index (κ3) is 4.47. The maximum atomic E-state index is 12.2. The Bertz CT molecular complexity index is 466. The largest absolute Gasteiger partial charge is 0.340 e. The molecule has 1 saturated heterocycles. The van der Waals surface area contributed by atoms with Gasteiger partial charge in [-0.15, -0.1) is 0 Å². The lowest BCUT2D eigenvalue weighted by molar-refractivity contribution is -0.131. The van der Waals surface area contributed by atoms with Crippen molar-refractivity contribution < 1.29 is 4.79 Å². The van der Waals surface area contributed by atoms with E-state index < -0.39 is 0 Å². The van der Waals surface area contributed by atoms with E-state index in [2.05, 4.69) is 17.1 Å². The Morgan fingerprint density at radius 3 is 3.05 bits per heavy atom.